The second-order valence-corrected chi connectivity index (χ2v) is 10.0. The molecule has 2 aromatic rings. The lowest BCUT2D eigenvalue weighted by Gasteiger charge is -2.32. The molecule has 1 aliphatic rings. The van der Waals surface area contributed by atoms with Gasteiger partial charge in [0.2, 0.25) is 5.91 Å². The average Bonchev–Trinajstić information content (AvgIpc) is 2.59. The van der Waals surface area contributed by atoms with Gasteiger partial charge in [-0.3, -0.25) is 9.78 Å². The van der Waals surface area contributed by atoms with Crippen LogP contribution in [0.1, 0.15) is 37.6 Å². The molecule has 0 fully saturated rings. The first-order valence-electron chi connectivity index (χ1n) is 8.14. The van der Waals surface area contributed by atoms with Gasteiger partial charge in [-0.2, -0.15) is 0 Å². The Balaban J connectivity index is 2.33. The molecule has 1 aromatic carbocycles. The van der Waals surface area contributed by atoms with Gasteiger partial charge >= 0.3 is 0 Å². The molecule has 8 heteroatoms. The van der Waals surface area contributed by atoms with Crippen molar-refractivity contribution >= 4 is 55.6 Å². The highest BCUT2D eigenvalue weighted by Crippen LogP contribution is 2.48. The van der Waals surface area contributed by atoms with Gasteiger partial charge in [-0.05, 0) is 37.6 Å². The molecule has 142 valence electrons. The minimum Gasteiger partial charge on any atom is -0.313 e. The number of halogens is 2. The monoisotopic (exact) mass is 424 g/mol. The molecule has 2 heterocycles. The summed E-state index contributed by atoms with van der Waals surface area (Å²) in [6.07, 6.45) is 3.13. The summed E-state index contributed by atoms with van der Waals surface area (Å²) in [6.45, 7) is 4.66. The van der Waals surface area contributed by atoms with E-state index in [4.69, 9.17) is 23.2 Å². The molecule has 0 N–H and O–H groups in total. The quantitative estimate of drug-likeness (QED) is 0.709. The van der Waals surface area contributed by atoms with Crippen molar-refractivity contribution in [3.05, 3.63) is 57.3 Å². The zero-order valence-corrected chi connectivity index (χ0v) is 17.6. The zero-order chi connectivity index (χ0) is 20.1. The minimum atomic E-state index is -3.78. The van der Waals surface area contributed by atoms with E-state index in [0.29, 0.717) is 11.3 Å². The van der Waals surface area contributed by atoms with E-state index in [-0.39, 0.29) is 32.1 Å². The summed E-state index contributed by atoms with van der Waals surface area (Å²) < 4.78 is 25.6. The van der Waals surface area contributed by atoms with Crippen LogP contribution >= 0.6 is 23.2 Å². The summed E-state index contributed by atoms with van der Waals surface area (Å²) in [7, 11) is -2.24. The van der Waals surface area contributed by atoms with Gasteiger partial charge in [-0.1, -0.05) is 35.3 Å². The topological polar surface area (TPSA) is 67.3 Å². The maximum absolute atomic E-state index is 13.4. The van der Waals surface area contributed by atoms with Crippen LogP contribution in [0, 0.1) is 0 Å². The largest absolute Gasteiger partial charge is 0.313 e. The average molecular weight is 425 g/mol. The van der Waals surface area contributed by atoms with Crippen LogP contribution in [-0.2, 0) is 19.4 Å². The standard InChI is InChI=1S/C19H18Cl2N2O3S/c1-11(24)23(4)18-14(20)8-7-12(17(18)21)16-10-15-13(6-5-9-22-15)19(2,3)27(16,25)26/h5-10H,1-4H3. The maximum Gasteiger partial charge on any atom is 0.223 e. The van der Waals surface area contributed by atoms with Gasteiger partial charge in [-0.15, -0.1) is 0 Å². The minimum absolute atomic E-state index is 0.0542. The van der Waals surface area contributed by atoms with E-state index in [1.807, 2.05) is 0 Å². The number of pyridine rings is 1. The molecule has 0 saturated heterocycles. The van der Waals surface area contributed by atoms with Gasteiger partial charge < -0.3 is 4.90 Å². The summed E-state index contributed by atoms with van der Waals surface area (Å²) in [5.74, 6) is -0.274. The lowest BCUT2D eigenvalue weighted by atomic mass is 9.99. The molecule has 0 atom stereocenters. The number of hydrogen-bond donors (Lipinski definition) is 0. The second kappa shape index (κ2) is 6.62. The van der Waals surface area contributed by atoms with Crippen LogP contribution in [0.5, 0.6) is 0 Å². The van der Waals surface area contributed by atoms with Crippen molar-refractivity contribution < 1.29 is 13.2 Å². The van der Waals surface area contributed by atoms with Crippen LogP contribution in [-0.4, -0.2) is 26.4 Å². The lowest BCUT2D eigenvalue weighted by Crippen LogP contribution is -2.33. The van der Waals surface area contributed by atoms with Gasteiger partial charge in [0, 0.05) is 25.7 Å². The van der Waals surface area contributed by atoms with Crippen molar-refractivity contribution in [2.45, 2.75) is 25.5 Å². The van der Waals surface area contributed by atoms with Crippen molar-refractivity contribution in [1.29, 1.82) is 0 Å². The normalized spacial score (nSPS) is 17.0. The molecule has 0 unspecified atom stereocenters. The van der Waals surface area contributed by atoms with E-state index < -0.39 is 14.6 Å². The predicted molar refractivity (Wildman–Crippen MR) is 110 cm³/mol. The van der Waals surface area contributed by atoms with Crippen molar-refractivity contribution in [2.24, 2.45) is 0 Å². The third-order valence-electron chi connectivity index (χ3n) is 4.86. The number of benzene rings is 1. The Hall–Kier alpha value is -1.89. The fraction of sp³-hybridized carbons (Fsp3) is 0.263. The first kappa shape index (κ1) is 19.9. The number of carbonyl (C=O) groups is 1. The molecule has 0 aliphatic carbocycles. The van der Waals surface area contributed by atoms with Gasteiger partial charge in [0.1, 0.15) is 0 Å². The fourth-order valence-corrected chi connectivity index (χ4v) is 5.60. The first-order valence-corrected chi connectivity index (χ1v) is 10.4. The molecular weight excluding hydrogens is 407 g/mol. The van der Waals surface area contributed by atoms with Crippen LogP contribution < -0.4 is 4.90 Å². The number of hydrogen-bond acceptors (Lipinski definition) is 4. The first-order chi connectivity index (χ1) is 12.5. The van der Waals surface area contributed by atoms with Gasteiger partial charge in [-0.25, -0.2) is 8.42 Å². The number of amides is 1. The number of anilines is 1. The number of nitrogens with zero attached hydrogens (tertiary/aromatic N) is 2. The molecule has 27 heavy (non-hydrogen) atoms. The Kier molecular flexibility index (Phi) is 4.87. The SMILES string of the molecule is CC(=O)N(C)c1c(Cl)ccc(C2=Cc3ncccc3C(C)(C)S2(=O)=O)c1Cl. The molecule has 0 bridgehead atoms. The molecular formula is C19H18Cl2N2O3S. The van der Waals surface area contributed by atoms with E-state index >= 15 is 0 Å². The summed E-state index contributed by atoms with van der Waals surface area (Å²) >= 11 is 12.8. The third-order valence-corrected chi connectivity index (χ3v) is 8.02. The Morgan fingerprint density at radius 1 is 1.19 bits per heavy atom. The zero-order valence-electron chi connectivity index (χ0n) is 15.2. The van der Waals surface area contributed by atoms with Gasteiger partial charge in [0.25, 0.3) is 0 Å². The van der Waals surface area contributed by atoms with Crippen LogP contribution in [0.15, 0.2) is 30.5 Å². The fourth-order valence-electron chi connectivity index (χ4n) is 3.08. The summed E-state index contributed by atoms with van der Waals surface area (Å²) in [4.78, 5) is 17.5. The Morgan fingerprint density at radius 3 is 2.48 bits per heavy atom. The number of sulfone groups is 1. The Morgan fingerprint density at radius 2 is 1.85 bits per heavy atom. The molecule has 0 radical (unpaired) electrons. The smallest absolute Gasteiger partial charge is 0.223 e. The van der Waals surface area contributed by atoms with Crippen LogP contribution in [0.4, 0.5) is 5.69 Å². The highest BCUT2D eigenvalue weighted by molar-refractivity contribution is 8.01. The van der Waals surface area contributed by atoms with Crippen LogP contribution in [0.2, 0.25) is 10.0 Å². The summed E-state index contributed by atoms with van der Waals surface area (Å²) in [5.41, 5.74) is 1.75. The third kappa shape index (κ3) is 2.96. The second-order valence-electron chi connectivity index (χ2n) is 6.79. The van der Waals surface area contributed by atoms with E-state index in [2.05, 4.69) is 4.98 Å². The molecule has 0 saturated carbocycles. The van der Waals surface area contributed by atoms with Crippen molar-refractivity contribution in [1.82, 2.24) is 4.98 Å². The Bertz CT molecular complexity index is 1090. The highest BCUT2D eigenvalue weighted by atomic mass is 35.5. The summed E-state index contributed by atoms with van der Waals surface area (Å²) in [5, 5.41) is 0.359. The molecule has 5 nitrogen and oxygen atoms in total. The number of fused-ring (bicyclic) bond motifs is 1. The molecule has 1 amide bonds. The van der Waals surface area contributed by atoms with Crippen molar-refractivity contribution in [3.63, 3.8) is 0 Å². The van der Waals surface area contributed by atoms with Crippen molar-refractivity contribution in [2.75, 3.05) is 11.9 Å². The predicted octanol–water partition coefficient (Wildman–Crippen LogP) is 4.53. The maximum atomic E-state index is 13.4. The summed E-state index contributed by atoms with van der Waals surface area (Å²) in [6, 6.07) is 6.56. The van der Waals surface area contributed by atoms with Crippen LogP contribution in [0.3, 0.4) is 0 Å². The molecule has 0 spiro atoms. The van der Waals surface area contributed by atoms with E-state index in [0.717, 1.165) is 0 Å². The van der Waals surface area contributed by atoms with E-state index in [1.54, 1.807) is 38.2 Å². The van der Waals surface area contributed by atoms with E-state index in [1.165, 1.54) is 31.0 Å². The highest BCUT2D eigenvalue weighted by Gasteiger charge is 2.44. The van der Waals surface area contributed by atoms with Crippen molar-refractivity contribution in [3.8, 4) is 0 Å². The lowest BCUT2D eigenvalue weighted by molar-refractivity contribution is -0.116. The number of rotatable bonds is 2. The van der Waals surface area contributed by atoms with Gasteiger partial charge in [0.05, 0.1) is 31.1 Å². The van der Waals surface area contributed by atoms with Gasteiger partial charge in [0.15, 0.2) is 9.84 Å². The number of aromatic nitrogens is 1. The van der Waals surface area contributed by atoms with E-state index in [9.17, 15) is 13.2 Å². The number of carbonyl (C=O) groups excluding carboxylic acids is 1. The Labute approximate surface area is 168 Å². The van der Waals surface area contributed by atoms with Crippen LogP contribution in [0.25, 0.3) is 11.0 Å². The molecule has 1 aliphatic heterocycles. The molecule has 1 aromatic heterocycles. The molecule has 3 rings (SSSR count).